The minimum atomic E-state index is -0.558. The van der Waals surface area contributed by atoms with Gasteiger partial charge < -0.3 is 13.9 Å². The molecule has 1 aromatic carbocycles. The Hall–Kier alpha value is -3.08. The van der Waals surface area contributed by atoms with Gasteiger partial charge in [-0.25, -0.2) is 4.79 Å². The molecule has 0 N–H and O–H groups in total. The van der Waals surface area contributed by atoms with Crippen LogP contribution in [-0.4, -0.2) is 25.5 Å². The predicted molar refractivity (Wildman–Crippen MR) is 102 cm³/mol. The number of carbonyl (C=O) groups is 2. The smallest absolute Gasteiger partial charge is 0.343 e. The predicted octanol–water partition coefficient (Wildman–Crippen LogP) is 2.47. The zero-order valence-electron chi connectivity index (χ0n) is 15.9. The molecule has 0 unspecified atom stereocenters. The molecule has 0 amide bonds. The Morgan fingerprint density at radius 2 is 2.07 bits per heavy atom. The zero-order valence-corrected chi connectivity index (χ0v) is 15.9. The second kappa shape index (κ2) is 6.91. The summed E-state index contributed by atoms with van der Waals surface area (Å²) in [4.78, 5) is 24.5. The van der Waals surface area contributed by atoms with Crippen molar-refractivity contribution in [1.29, 1.82) is 0 Å². The molecule has 1 aliphatic carbocycles. The number of furan rings is 1. The van der Waals surface area contributed by atoms with Gasteiger partial charge in [0.1, 0.15) is 16.9 Å². The van der Waals surface area contributed by atoms with Crippen molar-refractivity contribution in [1.82, 2.24) is 0 Å². The van der Waals surface area contributed by atoms with Crippen molar-refractivity contribution < 1.29 is 23.5 Å². The van der Waals surface area contributed by atoms with E-state index in [4.69, 9.17) is 9.15 Å². The number of ether oxygens (including phenoxy) is 2. The molecule has 1 heterocycles. The fourth-order valence-corrected chi connectivity index (χ4v) is 3.31. The van der Waals surface area contributed by atoms with Crippen LogP contribution in [0.4, 0.5) is 0 Å². The quantitative estimate of drug-likeness (QED) is 0.778. The van der Waals surface area contributed by atoms with Crippen LogP contribution in [0.15, 0.2) is 34.8 Å². The molecule has 1 aromatic heterocycles. The summed E-state index contributed by atoms with van der Waals surface area (Å²) in [5, 5.41) is 0.706. The summed E-state index contributed by atoms with van der Waals surface area (Å²) >= 11 is 0. The van der Waals surface area contributed by atoms with Crippen LogP contribution in [0.2, 0.25) is 0 Å². The third kappa shape index (κ3) is 3.10. The monoisotopic (exact) mass is 366 g/mol. The average Bonchev–Trinajstić information content (AvgIpc) is 3.00. The molecule has 0 spiro atoms. The van der Waals surface area contributed by atoms with E-state index in [0.29, 0.717) is 33.3 Å². The number of hydrogen-bond donors (Lipinski definition) is 0. The van der Waals surface area contributed by atoms with Crippen LogP contribution >= 0.6 is 0 Å². The topological polar surface area (TPSA) is 65.7 Å². The standard InChI is InChI=1S/C22H22O5/c1-6-7-8-15-13(2)27-21-19(15)20(24)16-10-9-14(26-12-18(23)25-5)11-17(16)22(21,3)4/h6-11H,2,12H2,1,3-5H3/b7-6-,15-8+. The van der Waals surface area contributed by atoms with Crippen LogP contribution in [0.5, 0.6) is 5.75 Å². The minimum absolute atomic E-state index is 0.103. The molecule has 1 aliphatic rings. The van der Waals surface area contributed by atoms with Crippen molar-refractivity contribution in [2.45, 2.75) is 26.2 Å². The summed E-state index contributed by atoms with van der Waals surface area (Å²) in [6.07, 6.45) is 5.59. The molecule has 5 nitrogen and oxygen atoms in total. The van der Waals surface area contributed by atoms with E-state index in [1.165, 1.54) is 7.11 Å². The van der Waals surface area contributed by atoms with E-state index >= 15 is 0 Å². The van der Waals surface area contributed by atoms with Crippen LogP contribution in [0.25, 0.3) is 12.7 Å². The second-order valence-electron chi connectivity index (χ2n) is 6.86. The summed E-state index contributed by atoms with van der Waals surface area (Å²) < 4.78 is 16.0. The van der Waals surface area contributed by atoms with E-state index in [1.54, 1.807) is 18.2 Å². The first kappa shape index (κ1) is 18.7. The highest BCUT2D eigenvalue weighted by atomic mass is 16.6. The fourth-order valence-electron chi connectivity index (χ4n) is 3.31. The molecular formula is C22H22O5. The molecule has 140 valence electrons. The summed E-state index contributed by atoms with van der Waals surface area (Å²) in [7, 11) is 1.30. The van der Waals surface area contributed by atoms with Gasteiger partial charge in [0, 0.05) is 16.2 Å². The second-order valence-corrected chi connectivity index (χ2v) is 6.86. The average molecular weight is 366 g/mol. The molecule has 0 aliphatic heterocycles. The molecule has 2 aromatic rings. The normalized spacial score (nSPS) is 15.6. The maximum atomic E-state index is 13.2. The number of benzene rings is 1. The van der Waals surface area contributed by atoms with Gasteiger partial charge in [0.25, 0.3) is 0 Å². The number of methoxy groups -OCH3 is 1. The zero-order chi connectivity index (χ0) is 19.8. The lowest BCUT2D eigenvalue weighted by Gasteiger charge is -2.30. The molecule has 5 heteroatoms. The number of esters is 1. The van der Waals surface area contributed by atoms with Crippen LogP contribution in [0.1, 0.15) is 48.0 Å². The number of ketones is 1. The molecule has 0 bridgehead atoms. The molecule has 3 rings (SSSR count). The van der Waals surface area contributed by atoms with E-state index < -0.39 is 11.4 Å². The summed E-state index contributed by atoms with van der Waals surface area (Å²) in [5.41, 5.74) is 1.84. The van der Waals surface area contributed by atoms with E-state index in [1.807, 2.05) is 39.0 Å². The number of hydrogen-bond acceptors (Lipinski definition) is 5. The number of fused-ring (bicyclic) bond motifs is 2. The Bertz CT molecular complexity index is 1050. The maximum Gasteiger partial charge on any atom is 0.343 e. The van der Waals surface area contributed by atoms with Crippen LogP contribution in [0, 0.1) is 0 Å². The van der Waals surface area contributed by atoms with Gasteiger partial charge in [-0.05, 0) is 44.5 Å². The molecule has 27 heavy (non-hydrogen) atoms. The highest BCUT2D eigenvalue weighted by molar-refractivity contribution is 6.13. The third-order valence-electron chi connectivity index (χ3n) is 4.77. The third-order valence-corrected chi connectivity index (χ3v) is 4.77. The Morgan fingerprint density at radius 3 is 2.74 bits per heavy atom. The van der Waals surface area contributed by atoms with Gasteiger partial charge >= 0.3 is 5.97 Å². The van der Waals surface area contributed by atoms with Crippen molar-refractivity contribution in [3.63, 3.8) is 0 Å². The van der Waals surface area contributed by atoms with Gasteiger partial charge in [0.15, 0.2) is 12.4 Å². The highest BCUT2D eigenvalue weighted by Gasteiger charge is 2.41. The van der Waals surface area contributed by atoms with Crippen molar-refractivity contribution in [2.24, 2.45) is 0 Å². The van der Waals surface area contributed by atoms with E-state index in [2.05, 4.69) is 11.3 Å². The number of carbonyl (C=O) groups excluding carboxylic acids is 2. The number of rotatable bonds is 4. The van der Waals surface area contributed by atoms with Gasteiger partial charge in [0.05, 0.1) is 12.7 Å². The van der Waals surface area contributed by atoms with Gasteiger partial charge in [-0.15, -0.1) is 0 Å². The lowest BCUT2D eigenvalue weighted by atomic mass is 9.72. The Kier molecular flexibility index (Phi) is 4.79. The van der Waals surface area contributed by atoms with E-state index in [9.17, 15) is 9.59 Å². The molecule has 0 fully saturated rings. The van der Waals surface area contributed by atoms with E-state index in [0.717, 1.165) is 5.56 Å². The van der Waals surface area contributed by atoms with Crippen molar-refractivity contribution in [3.05, 3.63) is 63.4 Å². The molecule has 0 saturated heterocycles. The van der Waals surface area contributed by atoms with Crippen molar-refractivity contribution >= 4 is 24.4 Å². The fraction of sp³-hybridized carbons (Fsp3) is 0.273. The van der Waals surface area contributed by atoms with Crippen LogP contribution in [-0.2, 0) is 14.9 Å². The summed E-state index contributed by atoms with van der Waals surface area (Å²) in [5.74, 6) is 0.506. The van der Waals surface area contributed by atoms with Crippen molar-refractivity contribution in [2.75, 3.05) is 13.7 Å². The Balaban J connectivity index is 2.13. The molecular weight excluding hydrogens is 344 g/mol. The van der Waals surface area contributed by atoms with E-state index in [-0.39, 0.29) is 12.4 Å². The SMILES string of the molecule is C=c1oc2c(/c1=C/C=C\C)C(=O)c1ccc(OCC(=O)OC)cc1C2(C)C. The van der Waals surface area contributed by atoms with Crippen LogP contribution < -0.4 is 15.4 Å². The molecule has 0 atom stereocenters. The Morgan fingerprint density at radius 1 is 1.33 bits per heavy atom. The minimum Gasteiger partial charge on any atom is -0.482 e. The highest BCUT2D eigenvalue weighted by Crippen LogP contribution is 2.41. The first-order valence-corrected chi connectivity index (χ1v) is 8.65. The van der Waals surface area contributed by atoms with Gasteiger partial charge in [-0.3, -0.25) is 4.79 Å². The van der Waals surface area contributed by atoms with Gasteiger partial charge in [0.2, 0.25) is 0 Å². The lowest BCUT2D eigenvalue weighted by Crippen LogP contribution is -2.33. The first-order valence-electron chi connectivity index (χ1n) is 8.65. The van der Waals surface area contributed by atoms with Gasteiger partial charge in [-0.2, -0.15) is 0 Å². The van der Waals surface area contributed by atoms with Crippen LogP contribution in [0.3, 0.4) is 0 Å². The maximum absolute atomic E-state index is 13.2. The lowest BCUT2D eigenvalue weighted by molar-refractivity contribution is -0.142. The number of allylic oxidation sites excluding steroid dienone is 2. The largest absolute Gasteiger partial charge is 0.482 e. The summed E-state index contributed by atoms with van der Waals surface area (Å²) in [6, 6.07) is 5.19. The molecule has 0 radical (unpaired) electrons. The Labute approximate surface area is 157 Å². The molecule has 0 saturated carbocycles. The first-order chi connectivity index (χ1) is 12.8. The van der Waals surface area contributed by atoms with Gasteiger partial charge in [-0.1, -0.05) is 24.8 Å². The van der Waals surface area contributed by atoms with Crippen molar-refractivity contribution in [3.8, 4) is 5.75 Å². The summed E-state index contributed by atoms with van der Waals surface area (Å²) in [6.45, 7) is 9.65.